The number of allylic oxidation sites excluding steroid dienone is 2. The van der Waals surface area contributed by atoms with E-state index in [0.29, 0.717) is 0 Å². The highest BCUT2D eigenvalue weighted by Gasteiger charge is 2.35. The van der Waals surface area contributed by atoms with E-state index in [1.807, 2.05) is 0 Å². The van der Waals surface area contributed by atoms with Gasteiger partial charge in [0.15, 0.2) is 0 Å². The lowest BCUT2D eigenvalue weighted by molar-refractivity contribution is 0.263. The van der Waals surface area contributed by atoms with Gasteiger partial charge in [-0.05, 0) is 59.9 Å². The third kappa shape index (κ3) is 2.22. The molecule has 2 aliphatic carbocycles. The highest BCUT2D eigenvalue weighted by Crippen LogP contribution is 2.44. The summed E-state index contributed by atoms with van der Waals surface area (Å²) in [7, 11) is 0. The Kier molecular flexibility index (Phi) is 2.99. The maximum Gasteiger partial charge on any atom is 0.119 e. The van der Waals surface area contributed by atoms with E-state index in [1.54, 1.807) is 0 Å². The topological polar surface area (TPSA) is 9.23 Å². The van der Waals surface area contributed by atoms with Crippen molar-refractivity contribution in [2.75, 3.05) is 6.61 Å². The predicted molar refractivity (Wildman–Crippen MR) is 82.9 cm³/mol. The quantitative estimate of drug-likeness (QED) is 0.719. The zero-order valence-corrected chi connectivity index (χ0v) is 11.7. The van der Waals surface area contributed by atoms with Gasteiger partial charge in [0.2, 0.25) is 0 Å². The Morgan fingerprint density at radius 2 is 1.85 bits per heavy atom. The largest absolute Gasteiger partial charge is 0.494 e. The van der Waals surface area contributed by atoms with Crippen LogP contribution < -0.4 is 4.74 Å². The summed E-state index contributed by atoms with van der Waals surface area (Å²) in [5, 5.41) is 2.53. The van der Waals surface area contributed by atoms with Crippen LogP contribution in [0.5, 0.6) is 5.75 Å². The average molecular weight is 264 g/mol. The molecule has 3 unspecified atom stereocenters. The highest BCUT2D eigenvalue weighted by atomic mass is 16.5. The van der Waals surface area contributed by atoms with Gasteiger partial charge in [0.05, 0.1) is 6.61 Å². The smallest absolute Gasteiger partial charge is 0.119 e. The maximum absolute atomic E-state index is 5.96. The van der Waals surface area contributed by atoms with Crippen LogP contribution in [0.4, 0.5) is 0 Å². The molecule has 0 amide bonds. The number of rotatable bonds is 4. The Bertz CT molecular complexity index is 643. The molecule has 102 valence electrons. The molecule has 1 saturated carbocycles. The van der Waals surface area contributed by atoms with Gasteiger partial charge in [-0.2, -0.15) is 0 Å². The minimum absolute atomic E-state index is 0.834. The summed E-state index contributed by atoms with van der Waals surface area (Å²) in [6.45, 7) is 0.847. The summed E-state index contributed by atoms with van der Waals surface area (Å²) in [5.41, 5.74) is 0. The van der Waals surface area contributed by atoms with Gasteiger partial charge < -0.3 is 4.74 Å². The highest BCUT2D eigenvalue weighted by molar-refractivity contribution is 5.83. The molecule has 0 heterocycles. The van der Waals surface area contributed by atoms with Crippen molar-refractivity contribution >= 4 is 10.8 Å². The van der Waals surface area contributed by atoms with Crippen LogP contribution in [0.1, 0.15) is 19.3 Å². The summed E-state index contributed by atoms with van der Waals surface area (Å²) >= 11 is 0. The van der Waals surface area contributed by atoms with E-state index in [0.717, 1.165) is 30.1 Å². The molecule has 0 N–H and O–H groups in total. The van der Waals surface area contributed by atoms with Crippen molar-refractivity contribution in [2.45, 2.75) is 19.3 Å². The Morgan fingerprint density at radius 3 is 2.65 bits per heavy atom. The van der Waals surface area contributed by atoms with Crippen LogP contribution in [-0.2, 0) is 0 Å². The lowest BCUT2D eigenvalue weighted by Crippen LogP contribution is -2.11. The lowest BCUT2D eigenvalue weighted by Gasteiger charge is -2.18. The zero-order chi connectivity index (χ0) is 13.4. The van der Waals surface area contributed by atoms with Gasteiger partial charge in [0.1, 0.15) is 5.75 Å². The summed E-state index contributed by atoms with van der Waals surface area (Å²) in [4.78, 5) is 0. The Hall–Kier alpha value is -1.76. The van der Waals surface area contributed by atoms with Gasteiger partial charge in [-0.15, -0.1) is 0 Å². The molecule has 3 atom stereocenters. The van der Waals surface area contributed by atoms with Crippen LogP contribution in [0.15, 0.2) is 54.6 Å². The first-order valence-corrected chi connectivity index (χ1v) is 7.68. The second-order valence-corrected chi connectivity index (χ2v) is 6.19. The first-order valence-electron chi connectivity index (χ1n) is 7.68. The minimum Gasteiger partial charge on any atom is -0.494 e. The summed E-state index contributed by atoms with van der Waals surface area (Å²) in [6.07, 6.45) is 8.79. The second kappa shape index (κ2) is 4.97. The maximum atomic E-state index is 5.96. The molecule has 20 heavy (non-hydrogen) atoms. The number of benzene rings is 2. The van der Waals surface area contributed by atoms with Gasteiger partial charge in [-0.1, -0.05) is 42.5 Å². The molecule has 1 nitrogen and oxygen atoms in total. The van der Waals surface area contributed by atoms with Crippen molar-refractivity contribution in [1.82, 2.24) is 0 Å². The molecule has 2 bridgehead atoms. The molecule has 1 heteroatoms. The molecule has 0 spiro atoms. The molecule has 2 aromatic rings. The molecule has 4 rings (SSSR count). The number of hydrogen-bond acceptors (Lipinski definition) is 1. The van der Waals surface area contributed by atoms with Crippen molar-refractivity contribution in [1.29, 1.82) is 0 Å². The number of hydrogen-bond donors (Lipinski definition) is 0. The Labute approximate surface area is 120 Å². The van der Waals surface area contributed by atoms with Crippen LogP contribution in [0.3, 0.4) is 0 Å². The fraction of sp³-hybridized carbons (Fsp3) is 0.368. The molecule has 0 aromatic heterocycles. The molecule has 1 fully saturated rings. The van der Waals surface area contributed by atoms with E-state index in [9.17, 15) is 0 Å². The van der Waals surface area contributed by atoms with Crippen LogP contribution in [0.2, 0.25) is 0 Å². The van der Waals surface area contributed by atoms with E-state index in [4.69, 9.17) is 4.74 Å². The van der Waals surface area contributed by atoms with Crippen molar-refractivity contribution < 1.29 is 4.74 Å². The van der Waals surface area contributed by atoms with Crippen LogP contribution in [0, 0.1) is 17.8 Å². The molecular formula is C19H20O. The van der Waals surface area contributed by atoms with Crippen LogP contribution in [0.25, 0.3) is 10.8 Å². The van der Waals surface area contributed by atoms with Gasteiger partial charge in [-0.3, -0.25) is 0 Å². The van der Waals surface area contributed by atoms with Crippen molar-refractivity contribution in [2.24, 2.45) is 17.8 Å². The molecule has 2 aliphatic rings. The first-order chi connectivity index (χ1) is 9.88. The summed E-state index contributed by atoms with van der Waals surface area (Å²) in [5.74, 6) is 3.55. The monoisotopic (exact) mass is 264 g/mol. The van der Waals surface area contributed by atoms with Gasteiger partial charge in [0, 0.05) is 0 Å². The molecule has 0 radical (unpaired) electrons. The molecule has 0 aliphatic heterocycles. The van der Waals surface area contributed by atoms with Gasteiger partial charge in [-0.25, -0.2) is 0 Å². The van der Waals surface area contributed by atoms with Gasteiger partial charge in [0.25, 0.3) is 0 Å². The summed E-state index contributed by atoms with van der Waals surface area (Å²) < 4.78 is 5.96. The Morgan fingerprint density at radius 1 is 0.950 bits per heavy atom. The lowest BCUT2D eigenvalue weighted by atomic mass is 9.91. The fourth-order valence-electron chi connectivity index (χ4n) is 3.81. The third-order valence-electron chi connectivity index (χ3n) is 4.89. The SMILES string of the molecule is C1=CC2CC1CC2CCOc1ccc2ccccc2c1. The first kappa shape index (κ1) is 12.0. The van der Waals surface area contributed by atoms with E-state index in [-0.39, 0.29) is 0 Å². The fourth-order valence-corrected chi connectivity index (χ4v) is 3.81. The standard InChI is InChI=1S/C19H20O/c1-2-4-16-13-19(8-7-15(16)3-1)20-10-9-18-12-14-5-6-17(18)11-14/h1-8,13-14,17-18H,9-12H2. The molecular weight excluding hydrogens is 244 g/mol. The number of fused-ring (bicyclic) bond motifs is 3. The Balaban J connectivity index is 1.37. The minimum atomic E-state index is 0.834. The second-order valence-electron chi connectivity index (χ2n) is 6.19. The van der Waals surface area contributed by atoms with Crippen LogP contribution in [-0.4, -0.2) is 6.61 Å². The molecule has 2 aromatic carbocycles. The predicted octanol–water partition coefficient (Wildman–Crippen LogP) is 4.82. The van der Waals surface area contributed by atoms with E-state index in [2.05, 4.69) is 54.6 Å². The third-order valence-corrected chi connectivity index (χ3v) is 4.89. The van der Waals surface area contributed by atoms with Crippen molar-refractivity contribution in [3.05, 3.63) is 54.6 Å². The van der Waals surface area contributed by atoms with E-state index < -0.39 is 0 Å². The van der Waals surface area contributed by atoms with Crippen molar-refractivity contribution in [3.8, 4) is 5.75 Å². The van der Waals surface area contributed by atoms with E-state index >= 15 is 0 Å². The normalized spacial score (nSPS) is 27.3. The molecule has 0 saturated heterocycles. The van der Waals surface area contributed by atoms with Gasteiger partial charge >= 0.3 is 0 Å². The van der Waals surface area contributed by atoms with Crippen molar-refractivity contribution in [3.63, 3.8) is 0 Å². The van der Waals surface area contributed by atoms with Crippen LogP contribution >= 0.6 is 0 Å². The average Bonchev–Trinajstić information content (AvgIpc) is 3.10. The zero-order valence-electron chi connectivity index (χ0n) is 11.7. The van der Waals surface area contributed by atoms with E-state index in [1.165, 1.54) is 30.0 Å². The summed E-state index contributed by atoms with van der Waals surface area (Å²) in [6, 6.07) is 14.8. The number of ether oxygens (including phenoxy) is 1.